The summed E-state index contributed by atoms with van der Waals surface area (Å²) < 4.78 is 5.04. The van der Waals surface area contributed by atoms with Gasteiger partial charge in [-0.05, 0) is 6.07 Å². The van der Waals surface area contributed by atoms with Gasteiger partial charge in [0.25, 0.3) is 5.69 Å². The second-order valence-electron chi connectivity index (χ2n) is 4.74. The third-order valence-electron chi connectivity index (χ3n) is 3.45. The van der Waals surface area contributed by atoms with Crippen LogP contribution in [0.4, 0.5) is 5.69 Å². The molecular weight excluding hydrogens is 286 g/mol. The molecule has 0 spiro atoms. The Morgan fingerprint density at radius 3 is 2.43 bits per heavy atom. The minimum Gasteiger partial charge on any atom is -0.394 e. The van der Waals surface area contributed by atoms with E-state index in [0.29, 0.717) is 0 Å². The molecule has 0 saturated carbocycles. The predicted octanol–water partition coefficient (Wildman–Crippen LogP) is -1.79. The summed E-state index contributed by atoms with van der Waals surface area (Å²) in [4.78, 5) is 10.2. The SMILES string of the molecule is O=[N+]([O-])c1ccccc1[C@]1(O)O[C@H](CO)[C@H](O)[C@H](O)[C@H]1O. The Labute approximate surface area is 118 Å². The number of nitro groups is 1. The van der Waals surface area contributed by atoms with Gasteiger partial charge < -0.3 is 30.3 Å². The number of rotatable bonds is 3. The molecular formula is C12H15NO8. The van der Waals surface area contributed by atoms with E-state index in [-0.39, 0.29) is 5.56 Å². The van der Waals surface area contributed by atoms with Crippen molar-refractivity contribution >= 4 is 5.69 Å². The van der Waals surface area contributed by atoms with Gasteiger partial charge in [-0.3, -0.25) is 10.1 Å². The highest BCUT2D eigenvalue weighted by Gasteiger charge is 2.55. The molecule has 0 amide bonds. The Morgan fingerprint density at radius 1 is 1.24 bits per heavy atom. The fraction of sp³-hybridized carbons (Fsp3) is 0.500. The van der Waals surface area contributed by atoms with E-state index in [0.717, 1.165) is 12.1 Å². The number of hydrogen-bond donors (Lipinski definition) is 5. The van der Waals surface area contributed by atoms with Crippen molar-refractivity contribution in [2.75, 3.05) is 6.61 Å². The van der Waals surface area contributed by atoms with Gasteiger partial charge in [0.15, 0.2) is 0 Å². The van der Waals surface area contributed by atoms with Gasteiger partial charge in [0.1, 0.15) is 24.4 Å². The summed E-state index contributed by atoms with van der Waals surface area (Å²) in [7, 11) is 0. The minimum atomic E-state index is -2.63. The van der Waals surface area contributed by atoms with Gasteiger partial charge in [-0.2, -0.15) is 0 Å². The van der Waals surface area contributed by atoms with Gasteiger partial charge in [-0.1, -0.05) is 12.1 Å². The molecule has 1 aliphatic rings. The molecule has 9 heteroatoms. The summed E-state index contributed by atoms with van der Waals surface area (Å²) in [6, 6.07) is 4.98. The highest BCUT2D eigenvalue weighted by atomic mass is 16.7. The van der Waals surface area contributed by atoms with Crippen LogP contribution >= 0.6 is 0 Å². The molecule has 5 atom stereocenters. The molecule has 1 aliphatic heterocycles. The number of aliphatic hydroxyl groups excluding tert-OH is 4. The van der Waals surface area contributed by atoms with Gasteiger partial charge in [-0.25, -0.2) is 0 Å². The number of nitro benzene ring substituents is 1. The summed E-state index contributed by atoms with van der Waals surface area (Å²) in [6.45, 7) is -0.756. The average Bonchev–Trinajstić information content (AvgIpc) is 2.49. The third kappa shape index (κ3) is 2.50. The molecule has 5 N–H and O–H groups in total. The maximum Gasteiger partial charge on any atom is 0.278 e. The van der Waals surface area contributed by atoms with Gasteiger partial charge in [0, 0.05) is 6.07 Å². The maximum atomic E-state index is 11.0. The molecule has 1 saturated heterocycles. The van der Waals surface area contributed by atoms with Crippen LogP contribution in [0.5, 0.6) is 0 Å². The Kier molecular flexibility index (Phi) is 4.23. The second-order valence-corrected chi connectivity index (χ2v) is 4.74. The smallest absolute Gasteiger partial charge is 0.278 e. The van der Waals surface area contributed by atoms with Gasteiger partial charge in [0.2, 0.25) is 5.79 Å². The molecule has 1 aromatic carbocycles. The Morgan fingerprint density at radius 2 is 1.86 bits per heavy atom. The van der Waals surface area contributed by atoms with Crippen LogP contribution in [-0.4, -0.2) is 61.5 Å². The van der Waals surface area contributed by atoms with E-state index in [1.54, 1.807) is 0 Å². The van der Waals surface area contributed by atoms with Crippen molar-refractivity contribution in [1.29, 1.82) is 0 Å². The first kappa shape index (κ1) is 15.8. The molecule has 116 valence electrons. The molecule has 0 radical (unpaired) electrons. The van der Waals surface area contributed by atoms with Crippen LogP contribution in [0, 0.1) is 10.1 Å². The Bertz CT molecular complexity index is 536. The van der Waals surface area contributed by atoms with Crippen molar-refractivity contribution in [3.05, 3.63) is 39.9 Å². The number of benzene rings is 1. The summed E-state index contributed by atoms with van der Waals surface area (Å²) in [5.41, 5.74) is -0.911. The van der Waals surface area contributed by atoms with Crippen LogP contribution in [0.1, 0.15) is 5.56 Å². The molecule has 0 aliphatic carbocycles. The Hall–Kier alpha value is -1.62. The summed E-state index contributed by atoms with van der Waals surface area (Å²) in [5, 5.41) is 59.9. The summed E-state index contributed by atoms with van der Waals surface area (Å²) in [5.74, 6) is -2.63. The molecule has 1 heterocycles. The Balaban J connectivity index is 2.52. The molecule has 0 unspecified atom stereocenters. The minimum absolute atomic E-state index is 0.383. The fourth-order valence-corrected chi connectivity index (χ4v) is 2.31. The van der Waals surface area contributed by atoms with Crippen molar-refractivity contribution in [2.45, 2.75) is 30.2 Å². The van der Waals surface area contributed by atoms with Crippen molar-refractivity contribution in [2.24, 2.45) is 0 Å². The van der Waals surface area contributed by atoms with Crippen LogP contribution in [0.15, 0.2) is 24.3 Å². The zero-order valence-electron chi connectivity index (χ0n) is 10.7. The standard InChI is InChI=1S/C12H15NO8/c14-5-8-9(15)10(16)11(17)12(18,21-8)6-3-1-2-4-7(6)13(19)20/h1-4,8-11,14-18H,5H2/t8-,9+,10+,11-,12+/m1/s1. The van der Waals surface area contributed by atoms with Crippen LogP contribution in [-0.2, 0) is 10.5 Å². The number of aliphatic hydroxyl groups is 5. The topological polar surface area (TPSA) is 154 Å². The lowest BCUT2D eigenvalue weighted by molar-refractivity contribution is -0.396. The van der Waals surface area contributed by atoms with Crippen LogP contribution in [0.2, 0.25) is 0 Å². The van der Waals surface area contributed by atoms with Crippen molar-refractivity contribution in [1.82, 2.24) is 0 Å². The predicted molar refractivity (Wildman–Crippen MR) is 67.0 cm³/mol. The van der Waals surface area contributed by atoms with E-state index in [4.69, 9.17) is 9.84 Å². The van der Waals surface area contributed by atoms with Crippen LogP contribution in [0.3, 0.4) is 0 Å². The quantitative estimate of drug-likeness (QED) is 0.324. The van der Waals surface area contributed by atoms with Crippen molar-refractivity contribution < 1.29 is 35.2 Å². The van der Waals surface area contributed by atoms with E-state index < -0.39 is 47.4 Å². The van der Waals surface area contributed by atoms with E-state index >= 15 is 0 Å². The molecule has 1 aromatic rings. The molecule has 21 heavy (non-hydrogen) atoms. The highest BCUT2D eigenvalue weighted by molar-refractivity contribution is 5.43. The first-order valence-electron chi connectivity index (χ1n) is 6.12. The van der Waals surface area contributed by atoms with Gasteiger partial charge >= 0.3 is 0 Å². The maximum absolute atomic E-state index is 11.0. The van der Waals surface area contributed by atoms with Crippen LogP contribution in [0.25, 0.3) is 0 Å². The highest BCUT2D eigenvalue weighted by Crippen LogP contribution is 2.39. The number of nitrogens with zero attached hydrogens (tertiary/aromatic N) is 1. The van der Waals surface area contributed by atoms with Crippen LogP contribution < -0.4 is 0 Å². The first-order chi connectivity index (χ1) is 9.82. The van der Waals surface area contributed by atoms with E-state index in [1.165, 1.54) is 12.1 Å². The fourth-order valence-electron chi connectivity index (χ4n) is 2.31. The second kappa shape index (κ2) is 5.64. The average molecular weight is 301 g/mol. The van der Waals surface area contributed by atoms with Gasteiger partial charge in [0.05, 0.1) is 17.1 Å². The van der Waals surface area contributed by atoms with E-state index in [1.807, 2.05) is 0 Å². The molecule has 0 bridgehead atoms. The zero-order valence-corrected chi connectivity index (χ0v) is 10.7. The van der Waals surface area contributed by atoms with Crippen molar-refractivity contribution in [3.63, 3.8) is 0 Å². The van der Waals surface area contributed by atoms with Crippen molar-refractivity contribution in [3.8, 4) is 0 Å². The normalized spacial score (nSPS) is 36.4. The molecule has 9 nitrogen and oxygen atoms in total. The lowest BCUT2D eigenvalue weighted by atomic mass is 9.87. The number of ether oxygens (including phenoxy) is 1. The molecule has 0 aromatic heterocycles. The number of para-hydroxylation sites is 1. The monoisotopic (exact) mass is 301 g/mol. The zero-order chi connectivity index (χ0) is 15.8. The molecule has 2 rings (SSSR count). The lowest BCUT2D eigenvalue weighted by Gasteiger charge is -2.45. The summed E-state index contributed by atoms with van der Waals surface area (Å²) >= 11 is 0. The van der Waals surface area contributed by atoms with E-state index in [9.17, 15) is 30.5 Å². The summed E-state index contributed by atoms with van der Waals surface area (Å²) in [6.07, 6.45) is -6.93. The first-order valence-corrected chi connectivity index (χ1v) is 6.12. The number of hydrogen-bond acceptors (Lipinski definition) is 8. The third-order valence-corrected chi connectivity index (χ3v) is 3.45. The largest absolute Gasteiger partial charge is 0.394 e. The lowest BCUT2D eigenvalue weighted by Crippen LogP contribution is -2.63. The van der Waals surface area contributed by atoms with E-state index in [2.05, 4.69) is 0 Å². The molecule has 1 fully saturated rings. The van der Waals surface area contributed by atoms with Gasteiger partial charge in [-0.15, -0.1) is 0 Å².